The molecular formula is C8H15. The van der Waals surface area contributed by atoms with Crippen molar-refractivity contribution in [1.29, 1.82) is 0 Å². The monoisotopic (exact) mass is 111 g/mol. The summed E-state index contributed by atoms with van der Waals surface area (Å²) in [5.41, 5.74) is 1.42. The molecule has 0 atom stereocenters. The van der Waals surface area contributed by atoms with Gasteiger partial charge in [0.25, 0.3) is 0 Å². The average Bonchev–Trinajstić information content (AvgIpc) is 1.67. The quantitative estimate of drug-likeness (QED) is 0.514. The Bertz CT molecular complexity index is 78.0. The van der Waals surface area contributed by atoms with Crippen LogP contribution in [0.3, 0.4) is 0 Å². The topological polar surface area (TPSA) is 0 Å². The van der Waals surface area contributed by atoms with Crippen LogP contribution in [0.4, 0.5) is 0 Å². The molecule has 0 unspecified atom stereocenters. The summed E-state index contributed by atoms with van der Waals surface area (Å²) in [4.78, 5) is 0. The Kier molecular flexibility index (Phi) is 3.59. The molecule has 0 fully saturated rings. The Balaban J connectivity index is 3.61. The van der Waals surface area contributed by atoms with Gasteiger partial charge in [-0.1, -0.05) is 32.4 Å². The van der Waals surface area contributed by atoms with Crippen molar-refractivity contribution < 1.29 is 0 Å². The van der Waals surface area contributed by atoms with Gasteiger partial charge < -0.3 is 0 Å². The molecule has 0 amide bonds. The molecule has 0 N–H and O–H groups in total. The fourth-order valence-corrected chi connectivity index (χ4v) is 0.510. The molecule has 0 aromatic rings. The van der Waals surface area contributed by atoms with Gasteiger partial charge in [0.1, 0.15) is 0 Å². The average molecular weight is 111 g/mol. The van der Waals surface area contributed by atoms with Gasteiger partial charge >= 0.3 is 0 Å². The van der Waals surface area contributed by atoms with Crippen LogP contribution in [0.15, 0.2) is 11.6 Å². The van der Waals surface area contributed by atoms with E-state index in [0.717, 1.165) is 6.42 Å². The fourth-order valence-electron chi connectivity index (χ4n) is 0.510. The summed E-state index contributed by atoms with van der Waals surface area (Å²) < 4.78 is 0. The molecule has 0 heteroatoms. The Hall–Kier alpha value is -0.260. The van der Waals surface area contributed by atoms with Crippen molar-refractivity contribution in [2.45, 2.75) is 34.1 Å². The third kappa shape index (κ3) is 2.84. The standard InChI is InChI=1S/C8H15/c1-5-6-8(4)7(2)3/h6H,5H2,1-4H3. The van der Waals surface area contributed by atoms with E-state index in [0.29, 0.717) is 0 Å². The van der Waals surface area contributed by atoms with Crippen LogP contribution in [-0.4, -0.2) is 0 Å². The van der Waals surface area contributed by atoms with E-state index < -0.39 is 0 Å². The second-order valence-electron chi connectivity index (χ2n) is 2.30. The highest BCUT2D eigenvalue weighted by Crippen LogP contribution is 2.09. The maximum absolute atomic E-state index is 2.25. The predicted octanol–water partition coefficient (Wildman–Crippen LogP) is 2.96. The Morgan fingerprint density at radius 2 is 1.75 bits per heavy atom. The van der Waals surface area contributed by atoms with Crippen LogP contribution in [0.1, 0.15) is 34.1 Å². The Morgan fingerprint density at radius 3 is 1.88 bits per heavy atom. The van der Waals surface area contributed by atoms with Gasteiger partial charge in [0.2, 0.25) is 0 Å². The highest BCUT2D eigenvalue weighted by atomic mass is 14.0. The lowest BCUT2D eigenvalue weighted by atomic mass is 10.0. The lowest BCUT2D eigenvalue weighted by Gasteiger charge is -2.01. The summed E-state index contributed by atoms with van der Waals surface area (Å²) in [6.45, 7) is 8.59. The molecule has 0 aliphatic heterocycles. The molecule has 0 aliphatic rings. The maximum atomic E-state index is 2.25. The lowest BCUT2D eigenvalue weighted by molar-refractivity contribution is 1.07. The van der Waals surface area contributed by atoms with Crippen molar-refractivity contribution in [2.75, 3.05) is 0 Å². The number of hydrogen-bond donors (Lipinski definition) is 0. The van der Waals surface area contributed by atoms with E-state index in [1.807, 2.05) is 0 Å². The van der Waals surface area contributed by atoms with Crippen molar-refractivity contribution in [2.24, 2.45) is 0 Å². The molecule has 0 bridgehead atoms. The second-order valence-corrected chi connectivity index (χ2v) is 2.30. The highest BCUT2D eigenvalue weighted by molar-refractivity contribution is 5.16. The summed E-state index contributed by atoms with van der Waals surface area (Å²) in [6.07, 6.45) is 3.40. The van der Waals surface area contributed by atoms with E-state index in [4.69, 9.17) is 0 Å². The van der Waals surface area contributed by atoms with Gasteiger partial charge in [-0.2, -0.15) is 0 Å². The minimum absolute atomic E-state index is 1.15. The third-order valence-corrected chi connectivity index (χ3v) is 1.30. The molecule has 0 rings (SSSR count). The van der Waals surface area contributed by atoms with Crippen LogP contribution in [0.2, 0.25) is 0 Å². The van der Waals surface area contributed by atoms with E-state index in [1.165, 1.54) is 11.5 Å². The van der Waals surface area contributed by atoms with Crippen LogP contribution in [0, 0.1) is 5.92 Å². The molecule has 0 heterocycles. The molecule has 0 aromatic carbocycles. The van der Waals surface area contributed by atoms with Crippen LogP contribution in [-0.2, 0) is 0 Å². The number of hydrogen-bond acceptors (Lipinski definition) is 0. The largest absolute Gasteiger partial charge is 0.0853 e. The van der Waals surface area contributed by atoms with Gasteiger partial charge in [0, 0.05) is 0 Å². The van der Waals surface area contributed by atoms with E-state index >= 15 is 0 Å². The molecule has 8 heavy (non-hydrogen) atoms. The molecule has 0 aromatic heterocycles. The summed E-state index contributed by atoms with van der Waals surface area (Å²) in [7, 11) is 0. The number of allylic oxidation sites excluding steroid dienone is 2. The van der Waals surface area contributed by atoms with Gasteiger partial charge in [-0.25, -0.2) is 0 Å². The summed E-state index contributed by atoms with van der Waals surface area (Å²) in [5, 5.41) is 0. The minimum Gasteiger partial charge on any atom is -0.0853 e. The summed E-state index contributed by atoms with van der Waals surface area (Å²) in [5.74, 6) is 1.42. The van der Waals surface area contributed by atoms with Crippen LogP contribution in [0.25, 0.3) is 0 Å². The first kappa shape index (κ1) is 7.74. The molecule has 0 saturated carbocycles. The van der Waals surface area contributed by atoms with E-state index in [1.54, 1.807) is 0 Å². The van der Waals surface area contributed by atoms with Crippen molar-refractivity contribution in [1.82, 2.24) is 0 Å². The van der Waals surface area contributed by atoms with Gasteiger partial charge in [0.05, 0.1) is 0 Å². The van der Waals surface area contributed by atoms with Crippen molar-refractivity contribution in [3.63, 3.8) is 0 Å². The molecule has 0 saturated heterocycles. The first-order valence-electron chi connectivity index (χ1n) is 3.15. The van der Waals surface area contributed by atoms with E-state index in [9.17, 15) is 0 Å². The Morgan fingerprint density at radius 1 is 1.25 bits per heavy atom. The summed E-state index contributed by atoms with van der Waals surface area (Å²) >= 11 is 0. The Labute approximate surface area is 52.6 Å². The molecule has 0 aliphatic carbocycles. The smallest absolute Gasteiger partial charge is 0.00593 e. The normalized spacial score (nSPS) is 12.9. The zero-order valence-electron chi connectivity index (χ0n) is 6.28. The first-order valence-corrected chi connectivity index (χ1v) is 3.15. The molecule has 0 spiro atoms. The van der Waals surface area contributed by atoms with Gasteiger partial charge in [-0.05, 0) is 19.3 Å². The third-order valence-electron chi connectivity index (χ3n) is 1.30. The molecular weight excluding hydrogens is 96.1 g/mol. The van der Waals surface area contributed by atoms with Crippen molar-refractivity contribution in [3.8, 4) is 0 Å². The molecule has 1 radical (unpaired) electrons. The van der Waals surface area contributed by atoms with Crippen LogP contribution in [0.5, 0.6) is 0 Å². The summed E-state index contributed by atoms with van der Waals surface area (Å²) in [6, 6.07) is 0. The van der Waals surface area contributed by atoms with E-state index in [2.05, 4.69) is 33.8 Å². The maximum Gasteiger partial charge on any atom is -0.00593 e. The molecule has 0 nitrogen and oxygen atoms in total. The van der Waals surface area contributed by atoms with Crippen molar-refractivity contribution >= 4 is 0 Å². The molecule has 47 valence electrons. The zero-order chi connectivity index (χ0) is 6.57. The van der Waals surface area contributed by atoms with Crippen molar-refractivity contribution in [3.05, 3.63) is 17.6 Å². The zero-order valence-corrected chi connectivity index (χ0v) is 6.28. The van der Waals surface area contributed by atoms with Gasteiger partial charge in [0.15, 0.2) is 0 Å². The highest BCUT2D eigenvalue weighted by Gasteiger charge is 1.92. The number of rotatable bonds is 2. The first-order chi connectivity index (χ1) is 3.68. The SMILES string of the molecule is CCC=C(C)[C](C)C. The fraction of sp³-hybridized carbons (Fsp3) is 0.625. The second kappa shape index (κ2) is 3.71. The van der Waals surface area contributed by atoms with Crippen LogP contribution >= 0.6 is 0 Å². The van der Waals surface area contributed by atoms with Gasteiger partial charge in [-0.15, -0.1) is 0 Å². The minimum atomic E-state index is 1.15. The predicted molar refractivity (Wildman–Crippen MR) is 38.6 cm³/mol. The lowest BCUT2D eigenvalue weighted by Crippen LogP contribution is -1.83. The van der Waals surface area contributed by atoms with Crippen LogP contribution < -0.4 is 0 Å². The van der Waals surface area contributed by atoms with Gasteiger partial charge in [-0.3, -0.25) is 0 Å². The van der Waals surface area contributed by atoms with E-state index in [-0.39, 0.29) is 0 Å².